The number of alkyl halides is 3. The predicted molar refractivity (Wildman–Crippen MR) is 138 cm³/mol. The van der Waals surface area contributed by atoms with Crippen LogP contribution in [-0.4, -0.2) is 33.6 Å². The molecule has 196 valence electrons. The van der Waals surface area contributed by atoms with E-state index in [-0.39, 0.29) is 18.8 Å². The fourth-order valence-corrected chi connectivity index (χ4v) is 4.09. The van der Waals surface area contributed by atoms with Gasteiger partial charge in [0.25, 0.3) is 5.91 Å². The van der Waals surface area contributed by atoms with Crippen molar-refractivity contribution in [1.29, 1.82) is 0 Å². The van der Waals surface area contributed by atoms with Crippen LogP contribution in [0.4, 0.5) is 13.2 Å². The van der Waals surface area contributed by atoms with Crippen molar-refractivity contribution in [3.05, 3.63) is 119 Å². The van der Waals surface area contributed by atoms with Gasteiger partial charge in [0.1, 0.15) is 11.0 Å². The van der Waals surface area contributed by atoms with E-state index in [2.05, 4.69) is 15.6 Å². The normalized spacial score (nSPS) is 11.4. The molecule has 5 aromatic rings. The second-order valence-electron chi connectivity index (χ2n) is 8.65. The molecule has 0 atom stereocenters. The van der Waals surface area contributed by atoms with E-state index in [9.17, 15) is 22.8 Å². The van der Waals surface area contributed by atoms with Gasteiger partial charge in [-0.15, -0.1) is 5.10 Å². The summed E-state index contributed by atoms with van der Waals surface area (Å²) in [7, 11) is 0. The molecule has 7 nitrogen and oxygen atoms in total. The van der Waals surface area contributed by atoms with Gasteiger partial charge in [0.05, 0.1) is 23.2 Å². The predicted octanol–water partition coefficient (Wildman–Crippen LogP) is 5.71. The van der Waals surface area contributed by atoms with Gasteiger partial charge >= 0.3 is 12.1 Å². The van der Waals surface area contributed by atoms with Crippen molar-refractivity contribution >= 4 is 22.9 Å². The van der Waals surface area contributed by atoms with Gasteiger partial charge < -0.3 is 10.1 Å². The number of hydrogen-bond acceptors (Lipinski definition) is 5. The third kappa shape index (κ3) is 5.80. The van der Waals surface area contributed by atoms with Crippen LogP contribution in [0.2, 0.25) is 0 Å². The van der Waals surface area contributed by atoms with E-state index in [4.69, 9.17) is 4.74 Å². The van der Waals surface area contributed by atoms with Gasteiger partial charge in [0, 0.05) is 0 Å². The summed E-state index contributed by atoms with van der Waals surface area (Å²) in [6, 6.07) is 25.9. The SMILES string of the molecule is O=C(OCNC(=O)c1cc(-c2ccccc2)cc2nnn(Cc3ccc(C(F)(F)F)cc3)c12)c1ccccc1. The maximum atomic E-state index is 13.3. The quantitative estimate of drug-likeness (QED) is 0.215. The number of carbonyl (C=O) groups excluding carboxylic acids is 2. The van der Waals surface area contributed by atoms with E-state index < -0.39 is 23.6 Å². The Morgan fingerprint density at radius 3 is 2.18 bits per heavy atom. The molecule has 0 aliphatic heterocycles. The third-order valence-corrected chi connectivity index (χ3v) is 6.02. The zero-order chi connectivity index (χ0) is 27.4. The van der Waals surface area contributed by atoms with Gasteiger partial charge in [0.2, 0.25) is 0 Å². The maximum Gasteiger partial charge on any atom is 0.416 e. The van der Waals surface area contributed by atoms with E-state index in [1.807, 2.05) is 30.3 Å². The Bertz CT molecular complexity index is 1620. The highest BCUT2D eigenvalue weighted by Gasteiger charge is 2.30. The zero-order valence-electron chi connectivity index (χ0n) is 20.4. The van der Waals surface area contributed by atoms with E-state index in [1.54, 1.807) is 42.5 Å². The Kier molecular flexibility index (Phi) is 7.09. The molecule has 0 aliphatic rings. The summed E-state index contributed by atoms with van der Waals surface area (Å²) in [6.45, 7) is -0.285. The molecule has 1 aromatic heterocycles. The summed E-state index contributed by atoms with van der Waals surface area (Å²) in [4.78, 5) is 25.6. The summed E-state index contributed by atoms with van der Waals surface area (Å²) >= 11 is 0. The van der Waals surface area contributed by atoms with Crippen molar-refractivity contribution in [3.63, 3.8) is 0 Å². The van der Waals surface area contributed by atoms with Crippen LogP contribution in [0.5, 0.6) is 0 Å². The van der Waals surface area contributed by atoms with Crippen molar-refractivity contribution in [2.75, 3.05) is 6.73 Å². The molecule has 0 spiro atoms. The summed E-state index contributed by atoms with van der Waals surface area (Å²) < 4.78 is 45.6. The zero-order valence-corrected chi connectivity index (χ0v) is 20.4. The second kappa shape index (κ2) is 10.8. The monoisotopic (exact) mass is 530 g/mol. The van der Waals surface area contributed by atoms with Crippen molar-refractivity contribution < 1.29 is 27.5 Å². The third-order valence-electron chi connectivity index (χ3n) is 6.02. The number of benzene rings is 4. The van der Waals surface area contributed by atoms with Gasteiger partial charge in [-0.1, -0.05) is 65.9 Å². The summed E-state index contributed by atoms with van der Waals surface area (Å²) in [5.41, 5.74) is 2.74. The van der Waals surface area contributed by atoms with Crippen molar-refractivity contribution in [3.8, 4) is 11.1 Å². The highest BCUT2D eigenvalue weighted by Crippen LogP contribution is 2.30. The minimum absolute atomic E-state index is 0.0859. The highest BCUT2D eigenvalue weighted by molar-refractivity contribution is 6.06. The van der Waals surface area contributed by atoms with Gasteiger partial charge in [0.15, 0.2) is 6.73 Å². The van der Waals surface area contributed by atoms with Gasteiger partial charge in [-0.05, 0) is 53.1 Å². The molecule has 0 fully saturated rings. The van der Waals surface area contributed by atoms with Crippen LogP contribution in [0.3, 0.4) is 0 Å². The fourth-order valence-electron chi connectivity index (χ4n) is 4.09. The molecule has 0 radical (unpaired) electrons. The first-order valence-corrected chi connectivity index (χ1v) is 11.9. The first kappa shape index (κ1) is 25.7. The number of nitrogens with one attached hydrogen (secondary N) is 1. The Hall–Kier alpha value is -4.99. The number of esters is 1. The van der Waals surface area contributed by atoms with E-state index in [1.165, 1.54) is 16.8 Å². The molecule has 0 unspecified atom stereocenters. The Balaban J connectivity index is 1.44. The molecule has 0 saturated heterocycles. The lowest BCUT2D eigenvalue weighted by atomic mass is 10.0. The Morgan fingerprint density at radius 1 is 0.846 bits per heavy atom. The maximum absolute atomic E-state index is 13.3. The minimum Gasteiger partial charge on any atom is -0.441 e. The van der Waals surface area contributed by atoms with Crippen LogP contribution < -0.4 is 5.32 Å². The molecule has 4 aromatic carbocycles. The van der Waals surface area contributed by atoms with Gasteiger partial charge in [-0.3, -0.25) is 4.79 Å². The van der Waals surface area contributed by atoms with Gasteiger partial charge in [-0.2, -0.15) is 13.2 Å². The number of hydrogen-bond donors (Lipinski definition) is 1. The molecule has 1 amide bonds. The summed E-state index contributed by atoms with van der Waals surface area (Å²) in [6.07, 6.45) is -4.44. The van der Waals surface area contributed by atoms with Gasteiger partial charge in [-0.25, -0.2) is 9.48 Å². The molecule has 0 bridgehead atoms. The smallest absolute Gasteiger partial charge is 0.416 e. The van der Waals surface area contributed by atoms with E-state index >= 15 is 0 Å². The van der Waals surface area contributed by atoms with E-state index in [0.717, 1.165) is 23.3 Å². The molecule has 39 heavy (non-hydrogen) atoms. The minimum atomic E-state index is -4.44. The molecular formula is C29H21F3N4O3. The molecule has 5 rings (SSSR count). The number of halogens is 3. The highest BCUT2D eigenvalue weighted by atomic mass is 19.4. The van der Waals surface area contributed by atoms with E-state index in [0.29, 0.717) is 22.2 Å². The molecule has 10 heteroatoms. The van der Waals surface area contributed by atoms with Crippen molar-refractivity contribution in [1.82, 2.24) is 20.3 Å². The number of ether oxygens (including phenoxy) is 1. The van der Waals surface area contributed by atoms with Crippen LogP contribution in [0.15, 0.2) is 97.1 Å². The Morgan fingerprint density at radius 2 is 1.51 bits per heavy atom. The Labute approximate surface area is 220 Å². The largest absolute Gasteiger partial charge is 0.441 e. The standard InChI is InChI=1S/C29H21F3N4O3/c30-29(31,32)23-13-11-19(12-14-23)17-36-26-24(27(37)33-18-39-28(38)21-9-5-2-6-10-21)15-22(16-25(26)34-35-36)20-7-3-1-4-8-20/h1-16H,17-18H2,(H,33,37). The second-order valence-corrected chi connectivity index (χ2v) is 8.65. The molecule has 0 saturated carbocycles. The van der Waals surface area contributed by atoms with Crippen LogP contribution in [0.1, 0.15) is 31.8 Å². The molecular weight excluding hydrogens is 509 g/mol. The van der Waals surface area contributed by atoms with Crippen LogP contribution in [0.25, 0.3) is 22.2 Å². The lowest BCUT2D eigenvalue weighted by molar-refractivity contribution is -0.137. The first-order chi connectivity index (χ1) is 18.8. The average Bonchev–Trinajstić information content (AvgIpc) is 3.35. The van der Waals surface area contributed by atoms with Crippen LogP contribution in [0, 0.1) is 0 Å². The van der Waals surface area contributed by atoms with Crippen LogP contribution in [-0.2, 0) is 17.5 Å². The summed E-state index contributed by atoms with van der Waals surface area (Å²) in [5, 5.41) is 11.0. The van der Waals surface area contributed by atoms with Crippen LogP contribution >= 0.6 is 0 Å². The topological polar surface area (TPSA) is 86.1 Å². The first-order valence-electron chi connectivity index (χ1n) is 11.9. The average molecular weight is 531 g/mol. The molecule has 1 N–H and O–H groups in total. The number of fused-ring (bicyclic) bond motifs is 1. The summed E-state index contributed by atoms with van der Waals surface area (Å²) in [5.74, 6) is -1.12. The fraction of sp³-hybridized carbons (Fsp3) is 0.103. The number of rotatable bonds is 7. The number of aromatic nitrogens is 3. The lowest BCUT2D eigenvalue weighted by Gasteiger charge is -2.12. The number of amides is 1. The number of nitrogens with zero attached hydrogens (tertiary/aromatic N) is 3. The molecule has 1 heterocycles. The van der Waals surface area contributed by atoms with Crippen molar-refractivity contribution in [2.45, 2.75) is 12.7 Å². The lowest BCUT2D eigenvalue weighted by Crippen LogP contribution is -2.28. The molecule has 0 aliphatic carbocycles. The number of carbonyl (C=O) groups is 2. The van der Waals surface area contributed by atoms with Crippen molar-refractivity contribution in [2.24, 2.45) is 0 Å².